The van der Waals surface area contributed by atoms with Crippen molar-refractivity contribution in [2.24, 2.45) is 0 Å². The van der Waals surface area contributed by atoms with Crippen molar-refractivity contribution in [1.82, 2.24) is 5.32 Å². The number of carbonyl (C=O) groups excluding carboxylic acids is 1. The Morgan fingerprint density at radius 3 is 2.50 bits per heavy atom. The Morgan fingerprint density at radius 2 is 1.81 bits per heavy atom. The monoisotopic (exact) mass is 387 g/mol. The highest BCUT2D eigenvalue weighted by Crippen LogP contribution is 2.22. The fraction of sp³-hybridized carbons (Fsp3) is 0.0952. The smallest absolute Gasteiger partial charge is 0.244 e. The van der Waals surface area contributed by atoms with E-state index in [9.17, 15) is 9.90 Å². The number of hydrogen-bond donors (Lipinski definition) is 2. The number of carbonyl (C=O) groups is 1. The molecule has 134 valence electrons. The van der Waals surface area contributed by atoms with Crippen molar-refractivity contribution in [2.75, 3.05) is 0 Å². The van der Waals surface area contributed by atoms with Crippen LogP contribution in [0.2, 0.25) is 10.0 Å². The summed E-state index contributed by atoms with van der Waals surface area (Å²) in [7, 11) is 0. The van der Waals surface area contributed by atoms with Gasteiger partial charge in [0, 0.05) is 17.1 Å². The second kappa shape index (κ2) is 9.85. The highest BCUT2D eigenvalue weighted by atomic mass is 35.5. The highest BCUT2D eigenvalue weighted by molar-refractivity contribution is 6.32. The third kappa shape index (κ3) is 6.79. The lowest BCUT2D eigenvalue weighted by molar-refractivity contribution is -0.116. The zero-order valence-corrected chi connectivity index (χ0v) is 15.7. The lowest BCUT2D eigenvalue weighted by atomic mass is 10.2. The van der Waals surface area contributed by atoms with E-state index in [4.69, 9.17) is 23.2 Å². The molecule has 0 saturated carbocycles. The zero-order chi connectivity index (χ0) is 18.9. The molecule has 0 radical (unpaired) electrons. The number of phenolic OH excluding ortho intramolecular Hbond substituents is 1. The van der Waals surface area contributed by atoms with Gasteiger partial charge in [0.2, 0.25) is 5.91 Å². The van der Waals surface area contributed by atoms with Crippen molar-refractivity contribution in [1.29, 1.82) is 0 Å². The molecule has 5 heteroatoms. The lowest BCUT2D eigenvalue weighted by Crippen LogP contribution is -2.29. The summed E-state index contributed by atoms with van der Waals surface area (Å²) in [5.41, 5.74) is 1.77. The molecule has 0 aromatic heterocycles. The Morgan fingerprint density at radius 1 is 1.08 bits per heavy atom. The molecule has 0 bridgehead atoms. The van der Waals surface area contributed by atoms with E-state index in [1.54, 1.807) is 30.4 Å². The summed E-state index contributed by atoms with van der Waals surface area (Å²) in [4.78, 5) is 11.9. The molecule has 2 N–H and O–H groups in total. The van der Waals surface area contributed by atoms with Crippen molar-refractivity contribution >= 4 is 41.3 Å². The SMILES string of the molecule is C[C@H](/C=C\c1ccc(Cl)cc1)NC(=O)/C=C/C=C/c1ccc(O)cc1Cl. The Bertz CT molecular complexity index is 840. The van der Waals surface area contributed by atoms with E-state index < -0.39 is 0 Å². The van der Waals surface area contributed by atoms with Gasteiger partial charge in [0.05, 0.1) is 5.02 Å². The first kappa shape index (κ1) is 19.8. The molecule has 3 nitrogen and oxygen atoms in total. The van der Waals surface area contributed by atoms with Gasteiger partial charge in [-0.25, -0.2) is 0 Å². The third-order valence-electron chi connectivity index (χ3n) is 3.44. The van der Waals surface area contributed by atoms with Gasteiger partial charge in [-0.15, -0.1) is 0 Å². The van der Waals surface area contributed by atoms with Crippen LogP contribution in [-0.4, -0.2) is 17.1 Å². The zero-order valence-electron chi connectivity index (χ0n) is 14.2. The number of phenols is 1. The molecule has 0 saturated heterocycles. The first-order valence-electron chi connectivity index (χ1n) is 8.01. The van der Waals surface area contributed by atoms with Gasteiger partial charge in [0.15, 0.2) is 0 Å². The average molecular weight is 388 g/mol. The summed E-state index contributed by atoms with van der Waals surface area (Å²) in [5, 5.41) is 13.3. The number of nitrogens with one attached hydrogen (secondary N) is 1. The van der Waals surface area contributed by atoms with Crippen molar-refractivity contribution in [2.45, 2.75) is 13.0 Å². The molecule has 0 heterocycles. The normalized spacial score (nSPS) is 12.9. The fourth-order valence-electron chi connectivity index (χ4n) is 2.10. The summed E-state index contributed by atoms with van der Waals surface area (Å²) in [6, 6.07) is 12.1. The van der Waals surface area contributed by atoms with Gasteiger partial charge in [-0.1, -0.05) is 65.7 Å². The van der Waals surface area contributed by atoms with Gasteiger partial charge < -0.3 is 10.4 Å². The molecule has 0 fully saturated rings. The summed E-state index contributed by atoms with van der Waals surface area (Å²) >= 11 is 11.8. The van der Waals surface area contributed by atoms with Gasteiger partial charge in [-0.3, -0.25) is 4.79 Å². The molecule has 0 aliphatic carbocycles. The molecule has 1 atom stereocenters. The van der Waals surface area contributed by atoms with Crippen molar-refractivity contribution in [3.05, 3.63) is 87.9 Å². The van der Waals surface area contributed by atoms with E-state index in [1.165, 1.54) is 12.1 Å². The molecule has 0 aliphatic heterocycles. The van der Waals surface area contributed by atoms with Crippen LogP contribution in [0, 0.1) is 0 Å². The third-order valence-corrected chi connectivity index (χ3v) is 4.02. The topological polar surface area (TPSA) is 49.3 Å². The quantitative estimate of drug-likeness (QED) is 0.508. The van der Waals surface area contributed by atoms with Crippen molar-refractivity contribution in [3.63, 3.8) is 0 Å². The summed E-state index contributed by atoms with van der Waals surface area (Å²) < 4.78 is 0. The number of benzene rings is 2. The van der Waals surface area contributed by atoms with Crippen LogP contribution in [-0.2, 0) is 4.79 Å². The van der Waals surface area contributed by atoms with Crippen LogP contribution in [0.4, 0.5) is 0 Å². The Hall–Kier alpha value is -2.49. The average Bonchev–Trinajstić information content (AvgIpc) is 2.59. The number of aromatic hydroxyl groups is 1. The second-order valence-electron chi connectivity index (χ2n) is 5.63. The number of allylic oxidation sites excluding steroid dienone is 2. The molecular formula is C21H19Cl2NO2. The standard InChI is InChI=1S/C21H19Cl2NO2/c1-15(6-7-16-8-11-18(22)12-9-16)24-21(26)5-3-2-4-17-10-13-19(25)14-20(17)23/h2-15,25H,1H3,(H,24,26)/b4-2+,5-3+,7-6-/t15-/m1/s1. The summed E-state index contributed by atoms with van der Waals surface area (Å²) in [6.45, 7) is 1.89. The van der Waals surface area contributed by atoms with Crippen LogP contribution in [0.25, 0.3) is 12.2 Å². The van der Waals surface area contributed by atoms with E-state index in [0.717, 1.165) is 11.1 Å². The maximum Gasteiger partial charge on any atom is 0.244 e. The molecule has 2 rings (SSSR count). The fourth-order valence-corrected chi connectivity index (χ4v) is 2.47. The van der Waals surface area contributed by atoms with Crippen LogP contribution < -0.4 is 5.32 Å². The summed E-state index contributed by atoms with van der Waals surface area (Å²) in [6.07, 6.45) is 10.4. The molecule has 26 heavy (non-hydrogen) atoms. The second-order valence-corrected chi connectivity index (χ2v) is 6.48. The van der Waals surface area contributed by atoms with Crippen LogP contribution in [0.5, 0.6) is 5.75 Å². The van der Waals surface area contributed by atoms with E-state index in [0.29, 0.717) is 10.0 Å². The highest BCUT2D eigenvalue weighted by Gasteiger charge is 2.00. The van der Waals surface area contributed by atoms with Crippen LogP contribution in [0.15, 0.2) is 66.8 Å². The van der Waals surface area contributed by atoms with Crippen molar-refractivity contribution in [3.8, 4) is 5.75 Å². The van der Waals surface area contributed by atoms with Gasteiger partial charge >= 0.3 is 0 Å². The van der Waals surface area contributed by atoms with Crippen molar-refractivity contribution < 1.29 is 9.90 Å². The molecule has 0 unspecified atom stereocenters. The van der Waals surface area contributed by atoms with Gasteiger partial charge in [-0.2, -0.15) is 0 Å². The number of rotatable bonds is 6. The predicted octanol–water partition coefficient (Wildman–Crippen LogP) is 5.49. The lowest BCUT2D eigenvalue weighted by Gasteiger charge is -2.06. The maximum atomic E-state index is 11.9. The van der Waals surface area contributed by atoms with E-state index in [-0.39, 0.29) is 17.7 Å². The Labute approximate surface area is 163 Å². The number of hydrogen-bond acceptors (Lipinski definition) is 2. The Kier molecular flexibility index (Phi) is 7.52. The number of amides is 1. The van der Waals surface area contributed by atoms with E-state index in [1.807, 2.05) is 43.3 Å². The first-order chi connectivity index (χ1) is 12.4. The minimum atomic E-state index is -0.195. The van der Waals surface area contributed by atoms with Crippen LogP contribution in [0.3, 0.4) is 0 Å². The van der Waals surface area contributed by atoms with Gasteiger partial charge in [-0.05, 0) is 48.4 Å². The molecule has 2 aromatic rings. The van der Waals surface area contributed by atoms with E-state index >= 15 is 0 Å². The predicted molar refractivity (Wildman–Crippen MR) is 109 cm³/mol. The molecule has 0 aliphatic rings. The minimum Gasteiger partial charge on any atom is -0.508 e. The van der Waals surface area contributed by atoms with Crippen LogP contribution in [0.1, 0.15) is 18.1 Å². The Balaban J connectivity index is 1.84. The molecule has 2 aromatic carbocycles. The largest absolute Gasteiger partial charge is 0.508 e. The first-order valence-corrected chi connectivity index (χ1v) is 8.77. The van der Waals surface area contributed by atoms with E-state index in [2.05, 4.69) is 5.32 Å². The summed E-state index contributed by atoms with van der Waals surface area (Å²) in [5.74, 6) is -0.0811. The van der Waals surface area contributed by atoms with Crippen LogP contribution >= 0.6 is 23.2 Å². The maximum absolute atomic E-state index is 11.9. The minimum absolute atomic E-state index is 0.113. The molecule has 1 amide bonds. The van der Waals surface area contributed by atoms with Gasteiger partial charge in [0.1, 0.15) is 5.75 Å². The molecular weight excluding hydrogens is 369 g/mol. The number of halogens is 2. The molecule has 0 spiro atoms. The van der Waals surface area contributed by atoms with Gasteiger partial charge in [0.25, 0.3) is 0 Å².